The highest BCUT2D eigenvalue weighted by Gasteiger charge is 2.37. The van der Waals surface area contributed by atoms with Crippen LogP contribution in [0.25, 0.3) is 0 Å². The van der Waals surface area contributed by atoms with E-state index in [-0.39, 0.29) is 18.7 Å². The van der Waals surface area contributed by atoms with Crippen LogP contribution in [-0.4, -0.2) is 46.2 Å². The standard InChI is InChI=1S/C6H13NO3/c1-3-5(9)6(10)4(2-8)7-3/h3-10H,2H2,1H3/t3?,4-,5?,6?/m0/s1. The molecule has 1 aliphatic rings. The summed E-state index contributed by atoms with van der Waals surface area (Å²) in [4.78, 5) is 0. The Balaban J connectivity index is 2.53. The van der Waals surface area contributed by atoms with Gasteiger partial charge in [-0.2, -0.15) is 0 Å². The van der Waals surface area contributed by atoms with Gasteiger partial charge in [-0.1, -0.05) is 0 Å². The van der Waals surface area contributed by atoms with Crippen molar-refractivity contribution < 1.29 is 15.3 Å². The minimum Gasteiger partial charge on any atom is -0.395 e. The first-order chi connectivity index (χ1) is 4.66. The Hall–Kier alpha value is -0.160. The molecule has 4 atom stereocenters. The second-order valence-electron chi connectivity index (χ2n) is 2.73. The van der Waals surface area contributed by atoms with E-state index in [9.17, 15) is 0 Å². The molecule has 0 radical (unpaired) electrons. The SMILES string of the molecule is CC1N[C@@H](CO)C(O)C1O. The van der Waals surface area contributed by atoms with Crippen LogP contribution in [0, 0.1) is 0 Å². The lowest BCUT2D eigenvalue weighted by Crippen LogP contribution is -2.36. The molecule has 0 aromatic rings. The molecule has 1 saturated heterocycles. The van der Waals surface area contributed by atoms with E-state index in [0.717, 1.165) is 0 Å². The van der Waals surface area contributed by atoms with Crippen molar-refractivity contribution in [3.05, 3.63) is 0 Å². The van der Waals surface area contributed by atoms with Crippen molar-refractivity contribution in [1.29, 1.82) is 0 Å². The van der Waals surface area contributed by atoms with Gasteiger partial charge in [0.25, 0.3) is 0 Å². The lowest BCUT2D eigenvalue weighted by molar-refractivity contribution is 0.0214. The Labute approximate surface area is 59.5 Å². The first-order valence-corrected chi connectivity index (χ1v) is 3.40. The zero-order chi connectivity index (χ0) is 7.72. The molecule has 1 aliphatic heterocycles. The maximum atomic E-state index is 9.16. The summed E-state index contributed by atoms with van der Waals surface area (Å²) < 4.78 is 0. The molecule has 1 rings (SSSR count). The van der Waals surface area contributed by atoms with Crippen molar-refractivity contribution in [3.63, 3.8) is 0 Å². The van der Waals surface area contributed by atoms with E-state index in [2.05, 4.69) is 5.32 Å². The molecule has 4 N–H and O–H groups in total. The van der Waals surface area contributed by atoms with Gasteiger partial charge in [0, 0.05) is 6.04 Å². The summed E-state index contributed by atoms with van der Waals surface area (Å²) in [7, 11) is 0. The molecule has 4 heteroatoms. The largest absolute Gasteiger partial charge is 0.395 e. The average Bonchev–Trinajstić information content (AvgIpc) is 2.17. The summed E-state index contributed by atoms with van der Waals surface area (Å²) in [6.07, 6.45) is -1.59. The molecule has 0 aromatic carbocycles. The summed E-state index contributed by atoms with van der Waals surface area (Å²) in [5.41, 5.74) is 0. The molecule has 0 aliphatic carbocycles. The fraction of sp³-hybridized carbons (Fsp3) is 1.00. The van der Waals surface area contributed by atoms with Crippen molar-refractivity contribution in [1.82, 2.24) is 5.32 Å². The zero-order valence-electron chi connectivity index (χ0n) is 5.86. The van der Waals surface area contributed by atoms with Crippen LogP contribution in [0.15, 0.2) is 0 Å². The highest BCUT2D eigenvalue weighted by Crippen LogP contribution is 2.12. The van der Waals surface area contributed by atoms with Gasteiger partial charge < -0.3 is 20.6 Å². The number of hydrogen-bond donors (Lipinski definition) is 4. The summed E-state index contributed by atoms with van der Waals surface area (Å²) in [6.45, 7) is 1.63. The van der Waals surface area contributed by atoms with Crippen LogP contribution in [0.4, 0.5) is 0 Å². The molecule has 0 saturated carbocycles. The highest BCUT2D eigenvalue weighted by atomic mass is 16.3. The molecule has 10 heavy (non-hydrogen) atoms. The smallest absolute Gasteiger partial charge is 0.0989 e. The van der Waals surface area contributed by atoms with Crippen LogP contribution in [0.2, 0.25) is 0 Å². The van der Waals surface area contributed by atoms with E-state index in [1.807, 2.05) is 0 Å². The summed E-state index contributed by atoms with van der Waals surface area (Å²) in [5.74, 6) is 0. The fourth-order valence-corrected chi connectivity index (χ4v) is 1.23. The number of nitrogens with one attached hydrogen (secondary N) is 1. The van der Waals surface area contributed by atoms with E-state index in [0.29, 0.717) is 0 Å². The van der Waals surface area contributed by atoms with Gasteiger partial charge in [-0.15, -0.1) is 0 Å². The molecule has 3 unspecified atom stereocenters. The van der Waals surface area contributed by atoms with Gasteiger partial charge in [0.2, 0.25) is 0 Å². The highest BCUT2D eigenvalue weighted by molar-refractivity contribution is 4.95. The lowest BCUT2D eigenvalue weighted by Gasteiger charge is -2.11. The molecule has 1 heterocycles. The predicted molar refractivity (Wildman–Crippen MR) is 35.5 cm³/mol. The molecule has 60 valence electrons. The second kappa shape index (κ2) is 2.84. The maximum absolute atomic E-state index is 9.16. The van der Waals surface area contributed by atoms with Crippen LogP contribution in [0.3, 0.4) is 0 Å². The summed E-state index contributed by atoms with van der Waals surface area (Å²) in [6, 6.07) is -0.503. The van der Waals surface area contributed by atoms with E-state index in [1.54, 1.807) is 6.92 Å². The van der Waals surface area contributed by atoms with Crippen molar-refractivity contribution in [2.24, 2.45) is 0 Å². The first-order valence-electron chi connectivity index (χ1n) is 3.40. The van der Waals surface area contributed by atoms with Gasteiger partial charge in [-0.05, 0) is 6.92 Å². The quantitative estimate of drug-likeness (QED) is 0.348. The topological polar surface area (TPSA) is 72.7 Å². The van der Waals surface area contributed by atoms with E-state index in [4.69, 9.17) is 15.3 Å². The van der Waals surface area contributed by atoms with Crippen LogP contribution in [0.5, 0.6) is 0 Å². The number of rotatable bonds is 1. The van der Waals surface area contributed by atoms with Gasteiger partial charge in [0.05, 0.1) is 24.9 Å². The molecule has 1 fully saturated rings. The summed E-state index contributed by atoms with van der Waals surface area (Å²) >= 11 is 0. The first kappa shape index (κ1) is 7.94. The Morgan fingerprint density at radius 2 is 1.90 bits per heavy atom. The van der Waals surface area contributed by atoms with Crippen molar-refractivity contribution in [2.45, 2.75) is 31.2 Å². The molecular weight excluding hydrogens is 134 g/mol. The Morgan fingerprint density at radius 1 is 1.30 bits per heavy atom. The van der Waals surface area contributed by atoms with E-state index < -0.39 is 12.2 Å². The van der Waals surface area contributed by atoms with Gasteiger partial charge in [-0.25, -0.2) is 0 Å². The zero-order valence-corrected chi connectivity index (χ0v) is 5.86. The second-order valence-corrected chi connectivity index (χ2v) is 2.73. The number of aliphatic hydroxyl groups excluding tert-OH is 3. The monoisotopic (exact) mass is 147 g/mol. The molecule has 0 bridgehead atoms. The lowest BCUT2D eigenvalue weighted by atomic mass is 10.1. The molecular formula is C6H13NO3. The van der Waals surface area contributed by atoms with Gasteiger partial charge in [0.15, 0.2) is 0 Å². The predicted octanol–water partition coefficient (Wildman–Crippen LogP) is -1.94. The number of hydrogen-bond acceptors (Lipinski definition) is 4. The van der Waals surface area contributed by atoms with Crippen molar-refractivity contribution in [3.8, 4) is 0 Å². The maximum Gasteiger partial charge on any atom is 0.0989 e. The third-order valence-corrected chi connectivity index (χ3v) is 1.95. The molecule has 0 amide bonds. The van der Waals surface area contributed by atoms with Crippen LogP contribution >= 0.6 is 0 Å². The van der Waals surface area contributed by atoms with Crippen LogP contribution in [0.1, 0.15) is 6.92 Å². The Morgan fingerprint density at radius 3 is 2.10 bits per heavy atom. The van der Waals surface area contributed by atoms with E-state index >= 15 is 0 Å². The van der Waals surface area contributed by atoms with Crippen molar-refractivity contribution in [2.75, 3.05) is 6.61 Å². The third kappa shape index (κ3) is 1.15. The normalized spacial score (nSPS) is 48.0. The minimum atomic E-state index is -0.833. The average molecular weight is 147 g/mol. The fourth-order valence-electron chi connectivity index (χ4n) is 1.23. The van der Waals surface area contributed by atoms with Crippen LogP contribution in [-0.2, 0) is 0 Å². The summed E-state index contributed by atoms with van der Waals surface area (Å²) in [5, 5.41) is 29.8. The van der Waals surface area contributed by atoms with Gasteiger partial charge in [-0.3, -0.25) is 0 Å². The van der Waals surface area contributed by atoms with Crippen molar-refractivity contribution >= 4 is 0 Å². The Kier molecular flexibility index (Phi) is 2.25. The van der Waals surface area contributed by atoms with E-state index in [1.165, 1.54) is 0 Å². The van der Waals surface area contributed by atoms with Crippen LogP contribution < -0.4 is 5.32 Å². The molecule has 0 aromatic heterocycles. The molecule has 0 spiro atoms. The van der Waals surface area contributed by atoms with Gasteiger partial charge in [0.1, 0.15) is 0 Å². The molecule has 4 nitrogen and oxygen atoms in total. The minimum absolute atomic E-state index is 0.132. The Bertz CT molecular complexity index is 120. The third-order valence-electron chi connectivity index (χ3n) is 1.95. The van der Waals surface area contributed by atoms with Gasteiger partial charge >= 0.3 is 0 Å². The number of aliphatic hydroxyl groups is 3.